The first-order chi connectivity index (χ1) is 10.6. The van der Waals surface area contributed by atoms with E-state index >= 15 is 0 Å². The molecule has 1 N–H and O–H groups in total. The van der Waals surface area contributed by atoms with Gasteiger partial charge in [0.05, 0.1) is 18.7 Å². The van der Waals surface area contributed by atoms with Gasteiger partial charge in [0.1, 0.15) is 6.54 Å². The first-order valence-electron chi connectivity index (χ1n) is 6.64. The fraction of sp³-hybridized carbons (Fsp3) is 0.286. The Hall–Kier alpha value is -2.48. The Morgan fingerprint density at radius 1 is 1.41 bits per heavy atom. The lowest BCUT2D eigenvalue weighted by molar-refractivity contribution is -0.142. The number of carbonyl (C=O) groups is 2. The fourth-order valence-electron chi connectivity index (χ4n) is 1.71. The second kappa shape index (κ2) is 7.51. The molecule has 0 saturated heterocycles. The quantitative estimate of drug-likeness (QED) is 0.803. The zero-order valence-electron chi connectivity index (χ0n) is 11.9. The van der Waals surface area contributed by atoms with E-state index in [-0.39, 0.29) is 30.4 Å². The van der Waals surface area contributed by atoms with Crippen LogP contribution in [-0.4, -0.2) is 28.0 Å². The van der Waals surface area contributed by atoms with E-state index in [0.29, 0.717) is 17.4 Å². The lowest BCUT2D eigenvalue weighted by Crippen LogP contribution is -2.26. The van der Waals surface area contributed by atoms with Crippen LogP contribution in [0.1, 0.15) is 12.6 Å². The van der Waals surface area contributed by atoms with Crippen LogP contribution in [0.5, 0.6) is 0 Å². The summed E-state index contributed by atoms with van der Waals surface area (Å²) in [5.74, 6) is -0.716. The predicted octanol–water partition coefficient (Wildman–Crippen LogP) is 1.05. The molecule has 116 valence electrons. The molecule has 0 aliphatic heterocycles. The van der Waals surface area contributed by atoms with Gasteiger partial charge in [0.25, 0.3) is 5.56 Å². The molecule has 0 atom stereocenters. The van der Waals surface area contributed by atoms with E-state index in [0.717, 1.165) is 0 Å². The number of aromatic nitrogens is 2. The van der Waals surface area contributed by atoms with Crippen LogP contribution in [0.15, 0.2) is 34.6 Å². The minimum Gasteiger partial charge on any atom is -0.466 e. The molecule has 0 bridgehead atoms. The average molecular weight is 321 g/mol. The minimum absolute atomic E-state index is 0.0678. The molecule has 0 spiro atoms. The molecular formula is C14H15N3O4S. The van der Waals surface area contributed by atoms with Crippen LogP contribution in [0, 0.1) is 0 Å². The standard InChI is InChI=1S/C14H15N3O4S/c1-2-21-13(20)7-10-9-22-14(15-10)16-11(18)8-17-6-4-3-5-12(17)19/h3-6,9H,2,7-8H2,1H3,(H,15,16,18). The third-order valence-corrected chi connectivity index (χ3v) is 3.45. The van der Waals surface area contributed by atoms with Crippen molar-refractivity contribution in [3.05, 3.63) is 45.8 Å². The molecule has 0 aliphatic carbocycles. The van der Waals surface area contributed by atoms with Crippen molar-refractivity contribution in [3.8, 4) is 0 Å². The van der Waals surface area contributed by atoms with E-state index in [2.05, 4.69) is 10.3 Å². The number of hydrogen-bond acceptors (Lipinski definition) is 6. The summed E-state index contributed by atoms with van der Waals surface area (Å²) < 4.78 is 6.12. The Bertz CT molecular complexity index is 723. The highest BCUT2D eigenvalue weighted by Gasteiger charge is 2.11. The first-order valence-corrected chi connectivity index (χ1v) is 7.52. The topological polar surface area (TPSA) is 90.3 Å². The number of carbonyl (C=O) groups excluding carboxylic acids is 2. The SMILES string of the molecule is CCOC(=O)Cc1csc(NC(=O)Cn2ccccc2=O)n1. The van der Waals surface area contributed by atoms with Gasteiger partial charge in [-0.15, -0.1) is 11.3 Å². The van der Waals surface area contributed by atoms with Crippen LogP contribution in [0.4, 0.5) is 5.13 Å². The zero-order chi connectivity index (χ0) is 15.9. The van der Waals surface area contributed by atoms with Crippen LogP contribution < -0.4 is 10.9 Å². The summed E-state index contributed by atoms with van der Waals surface area (Å²) >= 11 is 1.21. The van der Waals surface area contributed by atoms with Crippen LogP contribution in [-0.2, 0) is 27.3 Å². The number of esters is 1. The number of anilines is 1. The summed E-state index contributed by atoms with van der Waals surface area (Å²) in [5.41, 5.74) is 0.287. The van der Waals surface area contributed by atoms with Crippen molar-refractivity contribution in [1.82, 2.24) is 9.55 Å². The second-order valence-corrected chi connectivity index (χ2v) is 5.20. The van der Waals surface area contributed by atoms with Gasteiger partial charge in [0, 0.05) is 17.6 Å². The van der Waals surface area contributed by atoms with Gasteiger partial charge in [0.2, 0.25) is 5.91 Å². The third kappa shape index (κ3) is 4.52. The maximum atomic E-state index is 11.9. The summed E-state index contributed by atoms with van der Waals surface area (Å²) in [6, 6.07) is 4.67. The van der Waals surface area contributed by atoms with Gasteiger partial charge in [-0.05, 0) is 13.0 Å². The molecule has 2 rings (SSSR count). The Morgan fingerprint density at radius 3 is 2.95 bits per heavy atom. The number of thiazole rings is 1. The third-order valence-electron chi connectivity index (χ3n) is 2.64. The Morgan fingerprint density at radius 2 is 2.23 bits per heavy atom. The molecule has 0 fully saturated rings. The van der Waals surface area contributed by atoms with E-state index in [1.54, 1.807) is 24.4 Å². The maximum Gasteiger partial charge on any atom is 0.311 e. The molecule has 0 saturated carbocycles. The van der Waals surface area contributed by atoms with Crippen molar-refractivity contribution >= 4 is 28.3 Å². The molecule has 2 heterocycles. The van der Waals surface area contributed by atoms with Gasteiger partial charge < -0.3 is 14.6 Å². The second-order valence-electron chi connectivity index (χ2n) is 4.34. The highest BCUT2D eigenvalue weighted by Crippen LogP contribution is 2.16. The van der Waals surface area contributed by atoms with Gasteiger partial charge in [-0.25, -0.2) is 4.98 Å². The Balaban J connectivity index is 1.92. The molecular weight excluding hydrogens is 306 g/mol. The molecule has 2 aromatic rings. The molecule has 8 heteroatoms. The molecule has 0 unspecified atom stereocenters. The molecule has 0 aliphatic rings. The fourth-order valence-corrected chi connectivity index (χ4v) is 2.44. The summed E-state index contributed by atoms with van der Waals surface area (Å²) in [6.45, 7) is 1.96. The minimum atomic E-state index is -0.360. The lowest BCUT2D eigenvalue weighted by Gasteiger charge is -2.04. The number of pyridine rings is 1. The maximum absolute atomic E-state index is 11.9. The van der Waals surface area contributed by atoms with Crippen molar-refractivity contribution in [1.29, 1.82) is 0 Å². The summed E-state index contributed by atoms with van der Waals surface area (Å²) in [7, 11) is 0. The Labute approximate surface area is 130 Å². The highest BCUT2D eigenvalue weighted by molar-refractivity contribution is 7.13. The average Bonchev–Trinajstić information content (AvgIpc) is 2.88. The van der Waals surface area contributed by atoms with Crippen molar-refractivity contribution in [2.45, 2.75) is 19.9 Å². The van der Waals surface area contributed by atoms with Crippen molar-refractivity contribution in [3.63, 3.8) is 0 Å². The number of amides is 1. The highest BCUT2D eigenvalue weighted by atomic mass is 32.1. The molecule has 22 heavy (non-hydrogen) atoms. The largest absolute Gasteiger partial charge is 0.466 e. The van der Waals surface area contributed by atoms with Crippen LogP contribution in [0.3, 0.4) is 0 Å². The lowest BCUT2D eigenvalue weighted by atomic mass is 10.3. The van der Waals surface area contributed by atoms with Crippen LogP contribution in [0.2, 0.25) is 0 Å². The van der Waals surface area contributed by atoms with Gasteiger partial charge in [-0.2, -0.15) is 0 Å². The monoisotopic (exact) mass is 321 g/mol. The number of nitrogens with one attached hydrogen (secondary N) is 1. The molecule has 1 amide bonds. The normalized spacial score (nSPS) is 10.2. The Kier molecular flexibility index (Phi) is 5.42. The number of nitrogens with zero attached hydrogens (tertiary/aromatic N) is 2. The van der Waals surface area contributed by atoms with Crippen molar-refractivity contribution in [2.75, 3.05) is 11.9 Å². The molecule has 0 aromatic carbocycles. The van der Waals surface area contributed by atoms with Gasteiger partial charge in [-0.1, -0.05) is 6.07 Å². The van der Waals surface area contributed by atoms with E-state index in [4.69, 9.17) is 4.74 Å². The number of hydrogen-bond donors (Lipinski definition) is 1. The summed E-state index contributed by atoms with van der Waals surface area (Å²) in [5, 5.41) is 4.66. The molecule has 7 nitrogen and oxygen atoms in total. The first kappa shape index (κ1) is 15.9. The number of ether oxygens (including phenoxy) is 1. The molecule has 2 aromatic heterocycles. The summed E-state index contributed by atoms with van der Waals surface area (Å²) in [4.78, 5) is 38.9. The van der Waals surface area contributed by atoms with Gasteiger partial charge in [0.15, 0.2) is 5.13 Å². The van der Waals surface area contributed by atoms with E-state index in [1.807, 2.05) is 0 Å². The van der Waals surface area contributed by atoms with Gasteiger partial charge in [-0.3, -0.25) is 14.4 Å². The van der Waals surface area contributed by atoms with Crippen molar-refractivity contribution < 1.29 is 14.3 Å². The predicted molar refractivity (Wildman–Crippen MR) is 81.8 cm³/mol. The van der Waals surface area contributed by atoms with Crippen LogP contribution in [0.25, 0.3) is 0 Å². The van der Waals surface area contributed by atoms with Gasteiger partial charge >= 0.3 is 5.97 Å². The summed E-state index contributed by atoms with van der Waals surface area (Å²) in [6.07, 6.45) is 1.61. The molecule has 0 radical (unpaired) electrons. The number of rotatable bonds is 6. The van der Waals surface area contributed by atoms with E-state index in [1.165, 1.54) is 28.2 Å². The van der Waals surface area contributed by atoms with E-state index in [9.17, 15) is 14.4 Å². The van der Waals surface area contributed by atoms with Crippen LogP contribution >= 0.6 is 11.3 Å². The van der Waals surface area contributed by atoms with Crippen molar-refractivity contribution in [2.24, 2.45) is 0 Å². The smallest absolute Gasteiger partial charge is 0.311 e. The zero-order valence-corrected chi connectivity index (χ0v) is 12.8. The van der Waals surface area contributed by atoms with E-state index < -0.39 is 0 Å².